The Morgan fingerprint density at radius 3 is 1.77 bits per heavy atom. The number of rotatable bonds is 16. The van der Waals surface area contributed by atoms with Crippen molar-refractivity contribution in [3.8, 4) is 0 Å². The second-order valence-electron chi connectivity index (χ2n) is 17.3. The quantitative estimate of drug-likeness (QED) is 0.0597. The summed E-state index contributed by atoms with van der Waals surface area (Å²) < 4.78 is 50.7. The number of imidazole rings is 1. The molecule has 20 nitrogen and oxygen atoms in total. The van der Waals surface area contributed by atoms with Crippen LogP contribution in [0, 0.1) is 5.41 Å². The van der Waals surface area contributed by atoms with Gasteiger partial charge in [-0.1, -0.05) is 65.1 Å². The lowest BCUT2D eigenvalue weighted by molar-refractivity contribution is -0.838. The molecule has 0 saturated carbocycles. The van der Waals surface area contributed by atoms with Gasteiger partial charge in [-0.25, -0.2) is 9.78 Å². The average molecular weight is 1010 g/mol. The van der Waals surface area contributed by atoms with Gasteiger partial charge in [-0.05, 0) is 65.9 Å². The van der Waals surface area contributed by atoms with Crippen LogP contribution in [0.3, 0.4) is 0 Å². The maximum Gasteiger partial charge on any atom is 0.333 e. The van der Waals surface area contributed by atoms with Crippen molar-refractivity contribution in [2.45, 2.75) is 75.2 Å². The first-order valence-corrected chi connectivity index (χ1v) is 23.6. The molecule has 2 aromatic heterocycles. The lowest BCUT2D eigenvalue weighted by Gasteiger charge is -2.28. The van der Waals surface area contributed by atoms with Crippen molar-refractivity contribution in [1.29, 1.82) is 0 Å². The van der Waals surface area contributed by atoms with E-state index >= 15 is 0 Å². The fourth-order valence-corrected chi connectivity index (χ4v) is 5.82. The van der Waals surface area contributed by atoms with Crippen LogP contribution in [0.5, 0.6) is 0 Å². The number of quaternary nitrogens is 1. The van der Waals surface area contributed by atoms with Gasteiger partial charge in [0.15, 0.2) is 0 Å². The van der Waals surface area contributed by atoms with E-state index < -0.39 is 33.3 Å². The molecule has 0 spiro atoms. The number of amides is 3. The van der Waals surface area contributed by atoms with Crippen LogP contribution in [0.25, 0.3) is 11.3 Å². The standard InChI is InChI=1S/C9H17NO4S.C9H15NO4.C7H13NO.C7H11NO.C6H8N2.C6H7NO.C5H10O2/c1-7(2)8(11)10-5-9(3,4)6-15(12,13)14;1-7(2)8(11)14-6-5-10(3,4)9(12)13;1-7(2)8-3-5-9-6-4-8;1-6(2)8-5-3-4-7(8)9;1-6(2)8-4-3-7-5-8;1-5(2)6-3-4-8-7-6;1-5(2)7-4-3-6/h1,5-6H2,2-4H3,(H,10,11)(H,12,13,14);1,5-6H2,2-4H3;1,3-6H2,2H3;1,3-5H2,2H3;3-5H,1H2,2H3;3-4H,1H2,2H3;6H,1,3-4H2,2H3. The highest BCUT2D eigenvalue weighted by atomic mass is 32.2. The van der Waals surface area contributed by atoms with Crippen molar-refractivity contribution < 1.29 is 65.6 Å². The molecule has 4 heterocycles. The number of carbonyl (C=O) groups is 4. The van der Waals surface area contributed by atoms with Gasteiger partial charge in [0, 0.05) is 79.3 Å². The average Bonchev–Trinajstić information content (AvgIpc) is 4.08. The second-order valence-corrected chi connectivity index (χ2v) is 18.8. The van der Waals surface area contributed by atoms with Gasteiger partial charge < -0.3 is 53.4 Å². The van der Waals surface area contributed by atoms with Gasteiger partial charge in [-0.15, -0.1) is 0 Å². The first-order chi connectivity index (χ1) is 32.2. The summed E-state index contributed by atoms with van der Waals surface area (Å²) in [4.78, 5) is 51.3. The van der Waals surface area contributed by atoms with E-state index in [-0.39, 0.29) is 42.6 Å². The Balaban J connectivity index is -0.000000760. The van der Waals surface area contributed by atoms with E-state index in [0.29, 0.717) is 29.9 Å². The molecule has 21 heteroatoms. The summed E-state index contributed by atoms with van der Waals surface area (Å²) in [5, 5.41) is 24.9. The number of nitrogens with zero attached hydrogens (tertiary/aromatic N) is 6. The van der Waals surface area contributed by atoms with E-state index in [1.165, 1.54) is 27.3 Å². The Hall–Kier alpha value is -6.13. The van der Waals surface area contributed by atoms with Crippen LogP contribution in [0.2, 0.25) is 0 Å². The summed E-state index contributed by atoms with van der Waals surface area (Å²) >= 11 is 0. The lowest BCUT2D eigenvalue weighted by atomic mass is 9.96. The summed E-state index contributed by atoms with van der Waals surface area (Å²) in [6.07, 6.45) is 7.33. The van der Waals surface area contributed by atoms with E-state index in [4.69, 9.17) is 23.9 Å². The van der Waals surface area contributed by atoms with Crippen molar-refractivity contribution in [2.24, 2.45) is 5.41 Å². The molecule has 2 fully saturated rings. The van der Waals surface area contributed by atoms with Gasteiger partial charge in [0.1, 0.15) is 31.7 Å². The molecule has 3 N–H and O–H groups in total. The fraction of sp³-hybridized carbons (Fsp3) is 0.510. The number of likely N-dealkylation sites (N-methyl/N-ethyl adjacent to an activating group) is 1. The van der Waals surface area contributed by atoms with Gasteiger partial charge in [-0.3, -0.25) is 18.6 Å². The molecule has 2 saturated heterocycles. The van der Waals surface area contributed by atoms with Crippen molar-refractivity contribution >= 4 is 45.3 Å². The van der Waals surface area contributed by atoms with Gasteiger partial charge in [0.05, 0.1) is 51.8 Å². The molecule has 2 aliphatic heterocycles. The van der Waals surface area contributed by atoms with E-state index in [9.17, 15) is 32.7 Å². The van der Waals surface area contributed by atoms with Crippen molar-refractivity contribution in [2.75, 3.05) is 85.6 Å². The van der Waals surface area contributed by atoms with Gasteiger partial charge in [-0.2, -0.15) is 8.42 Å². The molecular formula is C49H81N7O13S. The number of carbonyl (C=O) groups excluding carboxylic acids is 4. The van der Waals surface area contributed by atoms with Gasteiger partial charge in [0.2, 0.25) is 11.8 Å². The van der Waals surface area contributed by atoms with Crippen LogP contribution in [0.4, 0.5) is 4.79 Å². The van der Waals surface area contributed by atoms with Gasteiger partial charge in [0.25, 0.3) is 16.2 Å². The summed E-state index contributed by atoms with van der Waals surface area (Å²) in [6, 6.07) is 1.78. The normalized spacial score (nSPS) is 12.7. The molecular weight excluding hydrogens is 927 g/mol. The Bertz CT molecular complexity index is 2040. The van der Waals surface area contributed by atoms with Gasteiger partial charge >= 0.3 is 5.97 Å². The number of likely N-dealkylation sites (tertiary alicyclic amines) is 1. The minimum atomic E-state index is -4.02. The Morgan fingerprint density at radius 2 is 1.49 bits per heavy atom. The van der Waals surface area contributed by atoms with Crippen molar-refractivity contribution in [3.63, 3.8) is 0 Å². The molecule has 0 aliphatic carbocycles. The topological polar surface area (TPSA) is 256 Å². The largest absolute Gasteiger partial charge is 0.498 e. The predicted molar refractivity (Wildman–Crippen MR) is 271 cm³/mol. The first kappa shape index (κ1) is 68.1. The summed E-state index contributed by atoms with van der Waals surface area (Å²) in [5.41, 5.74) is 4.71. The number of aliphatic hydroxyl groups excluding tert-OH is 1. The smallest absolute Gasteiger partial charge is 0.333 e. The van der Waals surface area contributed by atoms with E-state index in [1.807, 2.05) is 38.5 Å². The number of aromatic nitrogens is 3. The molecule has 70 heavy (non-hydrogen) atoms. The predicted octanol–water partition coefficient (Wildman–Crippen LogP) is 5.72. The maximum absolute atomic E-state index is 11.1. The third-order valence-electron chi connectivity index (χ3n) is 8.76. The van der Waals surface area contributed by atoms with E-state index in [2.05, 4.69) is 70.9 Å². The lowest BCUT2D eigenvalue weighted by Crippen LogP contribution is -2.54. The molecule has 396 valence electrons. The van der Waals surface area contributed by atoms with Crippen molar-refractivity contribution in [1.82, 2.24) is 29.8 Å². The Labute approximate surface area is 416 Å². The number of ether oxygens (including phenoxy) is 3. The monoisotopic (exact) mass is 1010 g/mol. The van der Waals surface area contributed by atoms with Crippen LogP contribution in [-0.4, -0.2) is 157 Å². The zero-order chi connectivity index (χ0) is 54.8. The maximum atomic E-state index is 11.1. The number of nitrogens with one attached hydrogen (secondary N) is 1. The third kappa shape index (κ3) is 36.9. The zero-order valence-electron chi connectivity index (χ0n) is 43.5. The molecule has 2 aliphatic rings. The highest BCUT2D eigenvalue weighted by Gasteiger charge is 2.25. The van der Waals surface area contributed by atoms with Crippen LogP contribution >= 0.6 is 0 Å². The number of esters is 1. The minimum Gasteiger partial charge on any atom is -0.498 e. The summed E-state index contributed by atoms with van der Waals surface area (Å²) in [7, 11) is -1.10. The number of hydrogen-bond donors (Lipinski definition) is 3. The fourth-order valence-electron chi connectivity index (χ4n) is 4.73. The van der Waals surface area contributed by atoms with E-state index in [1.54, 1.807) is 51.2 Å². The number of aliphatic hydroxyl groups is 1. The van der Waals surface area contributed by atoms with Crippen molar-refractivity contribution in [3.05, 3.63) is 111 Å². The molecule has 0 bridgehead atoms. The molecule has 0 aromatic carbocycles. The SMILES string of the molecule is C=C(C)C(=O)NCC(C)(C)CS(=O)(=O)O.C=C(C)C(=O)OCC[N+](C)(C)C(=O)[O-].C=C(C)N1CCCC1=O.C=C(C)N1CCOCC1.C=C(C)OCCO.C=C(C)c1ccon1.C=C(C)n1ccnc1. The Morgan fingerprint density at radius 1 is 0.900 bits per heavy atom. The summed E-state index contributed by atoms with van der Waals surface area (Å²) in [5.74, 6) is -0.352. The van der Waals surface area contributed by atoms with Crippen LogP contribution in [0.1, 0.15) is 80.8 Å². The highest BCUT2D eigenvalue weighted by Crippen LogP contribution is 2.16. The molecule has 2 aromatic rings. The number of allylic oxidation sites excluding steroid dienone is 5. The van der Waals surface area contributed by atoms with E-state index in [0.717, 1.165) is 67.6 Å². The number of morpholine rings is 1. The highest BCUT2D eigenvalue weighted by molar-refractivity contribution is 7.85. The first-order valence-electron chi connectivity index (χ1n) is 22.0. The molecule has 3 amide bonds. The molecule has 0 radical (unpaired) electrons. The second kappa shape index (κ2) is 35.9. The van der Waals surface area contributed by atoms with Crippen LogP contribution < -0.4 is 10.4 Å². The molecule has 0 atom stereocenters. The minimum absolute atomic E-state index is 0.0344. The zero-order valence-corrected chi connectivity index (χ0v) is 44.3. The summed E-state index contributed by atoms with van der Waals surface area (Å²) in [6.45, 7) is 46.5. The van der Waals surface area contributed by atoms with Crippen LogP contribution in [-0.2, 0) is 38.7 Å². The third-order valence-corrected chi connectivity index (χ3v) is 9.91. The number of hydrogen-bond acceptors (Lipinski definition) is 15. The Kier molecular flexibility index (Phi) is 34.9. The molecule has 4 rings (SSSR count). The van der Waals surface area contributed by atoms with Crippen LogP contribution in [0.15, 0.2) is 110 Å². The molecule has 0 unspecified atom stereocenters. The number of carboxylic acid groups (broad SMARTS) is 1.